The Morgan fingerprint density at radius 2 is 1.77 bits per heavy atom. The van der Waals surface area contributed by atoms with E-state index < -0.39 is 21.8 Å². The molecule has 31 heavy (non-hydrogen) atoms. The van der Waals surface area contributed by atoms with Crippen molar-refractivity contribution in [1.82, 2.24) is 9.62 Å². The van der Waals surface area contributed by atoms with Gasteiger partial charge in [-0.2, -0.15) is 4.31 Å². The number of sulfonamides is 1. The molecular formula is C23H29N3O4S. The van der Waals surface area contributed by atoms with Crippen molar-refractivity contribution in [3.63, 3.8) is 0 Å². The van der Waals surface area contributed by atoms with Crippen LogP contribution < -0.4 is 10.6 Å². The minimum atomic E-state index is -3.68. The van der Waals surface area contributed by atoms with Crippen molar-refractivity contribution in [3.8, 4) is 0 Å². The maximum absolute atomic E-state index is 13.2. The highest BCUT2D eigenvalue weighted by Gasteiger charge is 2.36. The Bertz CT molecular complexity index is 1060. The summed E-state index contributed by atoms with van der Waals surface area (Å²) in [5, 5.41) is 5.16. The quantitative estimate of drug-likeness (QED) is 0.671. The van der Waals surface area contributed by atoms with Gasteiger partial charge in [-0.05, 0) is 68.0 Å². The molecule has 2 N–H and O–H groups in total. The summed E-state index contributed by atoms with van der Waals surface area (Å²) in [6, 6.07) is 12.3. The Balaban J connectivity index is 1.63. The lowest BCUT2D eigenvalue weighted by molar-refractivity contribution is -0.136. The molecule has 0 aliphatic carbocycles. The van der Waals surface area contributed by atoms with Crippen LogP contribution in [-0.2, 0) is 26.0 Å². The van der Waals surface area contributed by atoms with E-state index in [1.54, 1.807) is 31.2 Å². The van der Waals surface area contributed by atoms with Gasteiger partial charge < -0.3 is 10.6 Å². The second kappa shape index (κ2) is 9.62. The van der Waals surface area contributed by atoms with E-state index in [0.717, 1.165) is 17.5 Å². The van der Waals surface area contributed by atoms with Crippen molar-refractivity contribution in [2.24, 2.45) is 0 Å². The molecule has 2 aromatic carbocycles. The molecule has 2 amide bonds. The molecule has 0 aromatic heterocycles. The van der Waals surface area contributed by atoms with E-state index in [4.69, 9.17) is 0 Å². The number of anilines is 1. The van der Waals surface area contributed by atoms with Crippen molar-refractivity contribution in [1.29, 1.82) is 0 Å². The zero-order valence-electron chi connectivity index (χ0n) is 18.1. The van der Waals surface area contributed by atoms with Crippen LogP contribution in [-0.4, -0.2) is 43.7 Å². The largest absolute Gasteiger partial charge is 0.346 e. The van der Waals surface area contributed by atoms with Crippen LogP contribution in [0.5, 0.6) is 0 Å². The lowest BCUT2D eigenvalue weighted by Gasteiger charge is -2.25. The highest BCUT2D eigenvalue weighted by Crippen LogP contribution is 2.28. The van der Waals surface area contributed by atoms with Gasteiger partial charge in [-0.15, -0.1) is 0 Å². The number of carbonyl (C=O) groups is 2. The first-order valence-electron chi connectivity index (χ1n) is 10.5. The van der Waals surface area contributed by atoms with Gasteiger partial charge >= 0.3 is 11.8 Å². The van der Waals surface area contributed by atoms with E-state index >= 15 is 0 Å². The van der Waals surface area contributed by atoms with Gasteiger partial charge in [-0.25, -0.2) is 8.42 Å². The van der Waals surface area contributed by atoms with Gasteiger partial charge in [0.05, 0.1) is 4.90 Å². The summed E-state index contributed by atoms with van der Waals surface area (Å²) >= 11 is 0. The van der Waals surface area contributed by atoms with Crippen molar-refractivity contribution >= 4 is 27.5 Å². The van der Waals surface area contributed by atoms with Gasteiger partial charge in [0.1, 0.15) is 0 Å². The molecule has 7 nitrogen and oxygen atoms in total. The summed E-state index contributed by atoms with van der Waals surface area (Å²) < 4.78 is 27.9. The maximum atomic E-state index is 13.2. The number of rotatable bonds is 6. The van der Waals surface area contributed by atoms with Crippen LogP contribution in [0.3, 0.4) is 0 Å². The third kappa shape index (κ3) is 5.32. The Labute approximate surface area is 183 Å². The summed E-state index contributed by atoms with van der Waals surface area (Å²) in [6.07, 6.45) is 2.22. The number of amides is 2. The lowest BCUT2D eigenvalue weighted by atomic mass is 10.1. The van der Waals surface area contributed by atoms with Crippen LogP contribution in [0.15, 0.2) is 47.4 Å². The zero-order chi connectivity index (χ0) is 22.6. The maximum Gasteiger partial charge on any atom is 0.313 e. The van der Waals surface area contributed by atoms with E-state index in [9.17, 15) is 18.0 Å². The van der Waals surface area contributed by atoms with E-state index in [0.29, 0.717) is 35.5 Å². The monoisotopic (exact) mass is 443 g/mol. The average Bonchev–Trinajstić information content (AvgIpc) is 3.23. The fourth-order valence-electron chi connectivity index (χ4n) is 3.74. The van der Waals surface area contributed by atoms with Gasteiger partial charge in [-0.3, -0.25) is 9.59 Å². The van der Waals surface area contributed by atoms with Gasteiger partial charge in [0.2, 0.25) is 10.0 Å². The van der Waals surface area contributed by atoms with E-state index in [1.165, 1.54) is 4.31 Å². The second-order valence-electron chi connectivity index (χ2n) is 7.90. The van der Waals surface area contributed by atoms with Crippen molar-refractivity contribution < 1.29 is 18.0 Å². The highest BCUT2D eigenvalue weighted by atomic mass is 32.2. The van der Waals surface area contributed by atoms with Crippen LogP contribution in [0.25, 0.3) is 0 Å². The molecule has 8 heteroatoms. The van der Waals surface area contributed by atoms with Crippen molar-refractivity contribution in [2.75, 3.05) is 18.4 Å². The standard InChI is InChI=1S/C23H29N3O4S/c1-4-18-9-11-19(12-10-18)25-23(28)22(27)24-15-20-6-5-13-26(20)31(29,30)21-14-16(2)7-8-17(21)3/h7-12,14,20H,4-6,13,15H2,1-3H3,(H,24,27)(H,25,28). The topological polar surface area (TPSA) is 95.6 Å². The molecule has 1 aliphatic heterocycles. The zero-order valence-corrected chi connectivity index (χ0v) is 19.0. The normalized spacial score (nSPS) is 16.8. The first kappa shape index (κ1) is 23.0. The number of hydrogen-bond acceptors (Lipinski definition) is 4. The Hall–Kier alpha value is -2.71. The first-order chi connectivity index (χ1) is 14.7. The molecule has 1 unspecified atom stereocenters. The molecule has 0 saturated carbocycles. The molecule has 1 heterocycles. The average molecular weight is 444 g/mol. The van der Waals surface area contributed by atoms with Gasteiger partial charge in [0.25, 0.3) is 0 Å². The SMILES string of the molecule is CCc1ccc(NC(=O)C(=O)NCC2CCCN2S(=O)(=O)c2cc(C)ccc2C)cc1. The second-order valence-corrected chi connectivity index (χ2v) is 9.75. The summed E-state index contributed by atoms with van der Waals surface area (Å²) in [7, 11) is -3.68. The lowest BCUT2D eigenvalue weighted by Crippen LogP contribution is -2.45. The first-order valence-corrected chi connectivity index (χ1v) is 11.9. The summed E-state index contributed by atoms with van der Waals surface area (Å²) in [6.45, 7) is 6.15. The van der Waals surface area contributed by atoms with Crippen LogP contribution in [0.2, 0.25) is 0 Å². The molecule has 1 saturated heterocycles. The number of benzene rings is 2. The molecule has 1 atom stereocenters. The van der Waals surface area contributed by atoms with Gasteiger partial charge in [0, 0.05) is 24.8 Å². The minimum absolute atomic E-state index is 0.0884. The van der Waals surface area contributed by atoms with Crippen LogP contribution in [0.4, 0.5) is 5.69 Å². The molecule has 0 bridgehead atoms. The number of nitrogens with zero attached hydrogens (tertiary/aromatic N) is 1. The minimum Gasteiger partial charge on any atom is -0.346 e. The Morgan fingerprint density at radius 1 is 1.06 bits per heavy atom. The van der Waals surface area contributed by atoms with Crippen molar-refractivity contribution in [2.45, 2.75) is 51.0 Å². The molecule has 0 spiro atoms. The van der Waals surface area contributed by atoms with Gasteiger partial charge in [-0.1, -0.05) is 31.2 Å². The van der Waals surface area contributed by atoms with Crippen LogP contribution >= 0.6 is 0 Å². The molecule has 3 rings (SSSR count). The van der Waals surface area contributed by atoms with Crippen LogP contribution in [0.1, 0.15) is 36.5 Å². The number of carbonyl (C=O) groups excluding carboxylic acids is 2. The van der Waals surface area contributed by atoms with E-state index in [2.05, 4.69) is 10.6 Å². The molecule has 166 valence electrons. The molecule has 1 aliphatic rings. The highest BCUT2D eigenvalue weighted by molar-refractivity contribution is 7.89. The van der Waals surface area contributed by atoms with Gasteiger partial charge in [0.15, 0.2) is 0 Å². The van der Waals surface area contributed by atoms with Crippen molar-refractivity contribution in [3.05, 3.63) is 59.2 Å². The molecule has 0 radical (unpaired) electrons. The predicted octanol–water partition coefficient (Wildman–Crippen LogP) is 2.77. The number of hydrogen-bond donors (Lipinski definition) is 2. The van der Waals surface area contributed by atoms with E-state index in [1.807, 2.05) is 32.0 Å². The fraction of sp³-hybridized carbons (Fsp3) is 0.391. The summed E-state index contributed by atoms with van der Waals surface area (Å²) in [5.41, 5.74) is 3.23. The Morgan fingerprint density at radius 3 is 2.45 bits per heavy atom. The number of nitrogens with one attached hydrogen (secondary N) is 2. The fourth-order valence-corrected chi connectivity index (χ4v) is 5.75. The molecule has 2 aromatic rings. The third-order valence-electron chi connectivity index (χ3n) is 5.58. The summed E-state index contributed by atoms with van der Waals surface area (Å²) in [5.74, 6) is -1.55. The van der Waals surface area contributed by atoms with E-state index in [-0.39, 0.29) is 12.6 Å². The molecular weight excluding hydrogens is 414 g/mol. The predicted molar refractivity (Wildman–Crippen MR) is 120 cm³/mol. The third-order valence-corrected chi connectivity index (χ3v) is 7.67. The number of aryl methyl sites for hydroxylation is 3. The van der Waals surface area contributed by atoms with Crippen LogP contribution in [0, 0.1) is 13.8 Å². The Kier molecular flexibility index (Phi) is 7.12. The molecule has 1 fully saturated rings. The summed E-state index contributed by atoms with van der Waals surface area (Å²) in [4.78, 5) is 24.8. The smallest absolute Gasteiger partial charge is 0.313 e.